The van der Waals surface area contributed by atoms with E-state index in [4.69, 9.17) is 4.74 Å². The number of methoxy groups -OCH3 is 1. The molecule has 4 rings (SSSR count). The molecule has 37 heavy (non-hydrogen) atoms. The average molecular weight is 521 g/mol. The Bertz CT molecular complexity index is 1230. The van der Waals surface area contributed by atoms with Crippen LogP contribution in [-0.4, -0.2) is 53.4 Å². The molecule has 0 saturated carbocycles. The normalized spacial score (nSPS) is 16.7. The van der Waals surface area contributed by atoms with E-state index in [1.54, 1.807) is 18.2 Å². The molecule has 9 heteroatoms. The molecule has 1 aliphatic rings. The van der Waals surface area contributed by atoms with E-state index >= 15 is 0 Å². The van der Waals surface area contributed by atoms with Gasteiger partial charge in [-0.25, -0.2) is 17.6 Å². The van der Waals surface area contributed by atoms with Gasteiger partial charge in [-0.1, -0.05) is 0 Å². The van der Waals surface area contributed by atoms with Crippen molar-refractivity contribution < 1.29 is 32.5 Å². The van der Waals surface area contributed by atoms with Crippen molar-refractivity contribution in [1.29, 1.82) is 0 Å². The first-order valence-electron chi connectivity index (χ1n) is 12.5. The number of aromatic nitrogens is 1. The van der Waals surface area contributed by atoms with Crippen molar-refractivity contribution >= 4 is 10.9 Å². The second-order valence-electron chi connectivity index (χ2n) is 9.92. The molecule has 2 heterocycles. The molecule has 0 amide bonds. The van der Waals surface area contributed by atoms with Gasteiger partial charge in [0.1, 0.15) is 17.4 Å². The summed E-state index contributed by atoms with van der Waals surface area (Å²) in [5, 5.41) is 21.7. The number of pyridine rings is 1. The van der Waals surface area contributed by atoms with E-state index in [-0.39, 0.29) is 30.6 Å². The summed E-state index contributed by atoms with van der Waals surface area (Å²) in [5.74, 6) is -3.02. The molecule has 2 aromatic carbocycles. The topological polar surface area (TPSA) is 65.8 Å². The van der Waals surface area contributed by atoms with Crippen molar-refractivity contribution in [2.75, 3.05) is 33.4 Å². The first kappa shape index (κ1) is 27.3. The molecule has 0 radical (unpaired) electrons. The number of hydrogen-bond donors (Lipinski definition) is 2. The Labute approximate surface area is 213 Å². The molecular formula is C28H32F4N2O3. The van der Waals surface area contributed by atoms with Gasteiger partial charge in [-0.3, -0.25) is 4.98 Å². The van der Waals surface area contributed by atoms with Gasteiger partial charge >= 0.3 is 0 Å². The van der Waals surface area contributed by atoms with E-state index in [0.717, 1.165) is 12.3 Å². The Hall–Kier alpha value is -2.75. The predicted molar refractivity (Wildman–Crippen MR) is 132 cm³/mol. The number of ether oxygens (including phenoxy) is 1. The van der Waals surface area contributed by atoms with Crippen LogP contribution in [0.2, 0.25) is 0 Å². The Morgan fingerprint density at radius 1 is 1.08 bits per heavy atom. The van der Waals surface area contributed by atoms with Gasteiger partial charge in [0.25, 0.3) is 0 Å². The van der Waals surface area contributed by atoms with Crippen LogP contribution >= 0.6 is 0 Å². The van der Waals surface area contributed by atoms with Crippen LogP contribution in [0.1, 0.15) is 49.3 Å². The van der Waals surface area contributed by atoms with Crippen molar-refractivity contribution in [2.45, 2.75) is 44.6 Å². The van der Waals surface area contributed by atoms with Crippen LogP contribution in [0.15, 0.2) is 36.5 Å². The second-order valence-corrected chi connectivity index (χ2v) is 9.92. The largest absolute Gasteiger partial charge is 0.497 e. The Morgan fingerprint density at radius 2 is 1.84 bits per heavy atom. The average Bonchev–Trinajstić information content (AvgIpc) is 2.90. The van der Waals surface area contributed by atoms with Gasteiger partial charge < -0.3 is 19.8 Å². The summed E-state index contributed by atoms with van der Waals surface area (Å²) in [6.07, 6.45) is 2.97. The van der Waals surface area contributed by atoms with E-state index in [2.05, 4.69) is 9.88 Å². The van der Waals surface area contributed by atoms with Crippen LogP contribution < -0.4 is 4.74 Å². The highest BCUT2D eigenvalue weighted by Gasteiger charge is 2.34. The van der Waals surface area contributed by atoms with Gasteiger partial charge in [0.2, 0.25) is 0 Å². The Balaban J connectivity index is 1.33. The van der Waals surface area contributed by atoms with Gasteiger partial charge in [0.05, 0.1) is 24.9 Å². The van der Waals surface area contributed by atoms with Gasteiger partial charge in [-0.05, 0) is 93.4 Å². The van der Waals surface area contributed by atoms with Gasteiger partial charge in [0, 0.05) is 23.6 Å². The zero-order valence-corrected chi connectivity index (χ0v) is 20.8. The molecule has 0 aliphatic carbocycles. The van der Waals surface area contributed by atoms with Crippen molar-refractivity contribution in [3.05, 3.63) is 70.9 Å². The number of aliphatic hydroxyl groups excluding tert-OH is 2. The highest BCUT2D eigenvalue weighted by Crippen LogP contribution is 2.39. The maximum absolute atomic E-state index is 14.7. The maximum Gasteiger partial charge on any atom is 0.162 e. The highest BCUT2D eigenvalue weighted by atomic mass is 19.2. The van der Waals surface area contributed by atoms with Crippen LogP contribution in [0.4, 0.5) is 17.6 Å². The lowest BCUT2D eigenvalue weighted by atomic mass is 9.74. The van der Waals surface area contributed by atoms with Crippen LogP contribution in [0, 0.1) is 28.7 Å². The first-order chi connectivity index (χ1) is 17.7. The fourth-order valence-electron chi connectivity index (χ4n) is 5.24. The van der Waals surface area contributed by atoms with Crippen LogP contribution in [0.3, 0.4) is 0 Å². The monoisotopic (exact) mass is 520 g/mol. The molecule has 200 valence electrons. The predicted octanol–water partition coefficient (Wildman–Crippen LogP) is 5.32. The molecule has 1 atom stereocenters. The number of nitrogens with zero attached hydrogens (tertiary/aromatic N) is 2. The van der Waals surface area contributed by atoms with E-state index in [1.807, 2.05) is 0 Å². The Kier molecular flexibility index (Phi) is 8.67. The summed E-state index contributed by atoms with van der Waals surface area (Å²) < 4.78 is 60.7. The molecule has 5 nitrogen and oxygen atoms in total. The number of hydrogen-bond acceptors (Lipinski definition) is 5. The third-order valence-electron chi connectivity index (χ3n) is 7.59. The van der Waals surface area contributed by atoms with Crippen molar-refractivity contribution in [2.24, 2.45) is 5.41 Å². The third-order valence-corrected chi connectivity index (χ3v) is 7.59. The molecule has 1 saturated heterocycles. The number of benzene rings is 2. The minimum atomic E-state index is -1.18. The zero-order valence-electron chi connectivity index (χ0n) is 20.8. The van der Waals surface area contributed by atoms with Crippen molar-refractivity contribution in [3.8, 4) is 5.75 Å². The van der Waals surface area contributed by atoms with E-state index in [1.165, 1.54) is 7.11 Å². The molecular weight excluding hydrogens is 488 g/mol. The number of aryl methyl sites for hydroxylation is 1. The summed E-state index contributed by atoms with van der Waals surface area (Å²) >= 11 is 0. The molecule has 0 bridgehead atoms. The van der Waals surface area contributed by atoms with Crippen LogP contribution in [0.25, 0.3) is 10.9 Å². The number of fused-ring (bicyclic) bond motifs is 1. The first-order valence-corrected chi connectivity index (χ1v) is 12.5. The Morgan fingerprint density at radius 3 is 2.54 bits per heavy atom. The molecule has 1 aromatic heterocycles. The van der Waals surface area contributed by atoms with Gasteiger partial charge in [-0.15, -0.1) is 0 Å². The van der Waals surface area contributed by atoms with Crippen molar-refractivity contribution in [1.82, 2.24) is 9.88 Å². The molecule has 1 fully saturated rings. The van der Waals surface area contributed by atoms with E-state index in [9.17, 15) is 27.8 Å². The third kappa shape index (κ3) is 6.22. The van der Waals surface area contributed by atoms with Gasteiger partial charge in [-0.2, -0.15) is 0 Å². The standard InChI is InChI=1S/C28H32F4N2O3/c1-37-20-4-5-24-21(15-20)26(23(31)16-33-24)25(36)6-7-28(17-35)8-11-34(12-9-28)10-2-3-18-13-19(29)14-22(30)27(18)32/h4-5,13-16,25,35-36H,2-3,6-12,17H2,1H3/t25-/m0/s1. The molecule has 3 aromatic rings. The second kappa shape index (κ2) is 11.8. The van der Waals surface area contributed by atoms with Crippen LogP contribution in [-0.2, 0) is 6.42 Å². The zero-order chi connectivity index (χ0) is 26.6. The minimum absolute atomic E-state index is 0.0293. The fraction of sp³-hybridized carbons (Fsp3) is 0.464. The minimum Gasteiger partial charge on any atom is -0.497 e. The quantitative estimate of drug-likeness (QED) is 0.280. The number of likely N-dealkylation sites (tertiary alicyclic amines) is 1. The number of piperidine rings is 1. The molecule has 1 aliphatic heterocycles. The summed E-state index contributed by atoms with van der Waals surface area (Å²) in [7, 11) is 1.51. The molecule has 2 N–H and O–H groups in total. The van der Waals surface area contributed by atoms with E-state index < -0.39 is 34.8 Å². The summed E-state index contributed by atoms with van der Waals surface area (Å²) in [6, 6.07) is 6.67. The van der Waals surface area contributed by atoms with Gasteiger partial charge in [0.15, 0.2) is 11.6 Å². The smallest absolute Gasteiger partial charge is 0.162 e. The number of aliphatic hydroxyl groups is 2. The highest BCUT2D eigenvalue weighted by molar-refractivity contribution is 5.84. The summed E-state index contributed by atoms with van der Waals surface area (Å²) in [5.41, 5.74) is 0.367. The lowest BCUT2D eigenvalue weighted by Crippen LogP contribution is -2.42. The lowest BCUT2D eigenvalue weighted by Gasteiger charge is -2.41. The fourth-order valence-corrected chi connectivity index (χ4v) is 5.24. The van der Waals surface area contributed by atoms with Crippen LogP contribution in [0.5, 0.6) is 5.75 Å². The van der Waals surface area contributed by atoms with Crippen molar-refractivity contribution in [3.63, 3.8) is 0 Å². The summed E-state index contributed by atoms with van der Waals surface area (Å²) in [4.78, 5) is 6.28. The lowest BCUT2D eigenvalue weighted by molar-refractivity contribution is 0.0231. The summed E-state index contributed by atoms with van der Waals surface area (Å²) in [6.45, 7) is 1.98. The number of halogens is 4. The SMILES string of the molecule is COc1ccc2ncc(F)c([C@@H](O)CCC3(CO)CCN(CCCc4cc(F)cc(F)c4F)CC3)c2c1. The molecule has 0 spiro atoms. The molecule has 0 unspecified atom stereocenters. The van der Waals surface area contributed by atoms with E-state index in [0.29, 0.717) is 68.0 Å². The maximum atomic E-state index is 14.7. The number of rotatable bonds is 10.